The summed E-state index contributed by atoms with van der Waals surface area (Å²) in [5.74, 6) is 1.43. The highest BCUT2D eigenvalue weighted by molar-refractivity contribution is 9.10. The lowest BCUT2D eigenvalue weighted by atomic mass is 10.3. The summed E-state index contributed by atoms with van der Waals surface area (Å²) < 4.78 is 6.12. The zero-order valence-electron chi connectivity index (χ0n) is 9.87. The molecular formula is C12H11BrClN3O. The molecule has 1 N–H and O–H groups in total. The number of nitrogens with zero attached hydrogens (tertiary/aromatic N) is 2. The Bertz CT molecular complexity index is 577. The normalized spacial score (nSPS) is 10.2. The first-order valence-corrected chi connectivity index (χ1v) is 6.36. The number of halogens is 2. The summed E-state index contributed by atoms with van der Waals surface area (Å²) in [4.78, 5) is 8.05. The molecule has 0 fully saturated rings. The maximum Gasteiger partial charge on any atom is 0.224 e. The lowest BCUT2D eigenvalue weighted by molar-refractivity contribution is 0.415. The second-order valence-corrected chi connectivity index (χ2v) is 4.93. The Morgan fingerprint density at radius 2 is 2.11 bits per heavy atom. The van der Waals surface area contributed by atoms with Crippen molar-refractivity contribution in [2.45, 2.75) is 6.92 Å². The number of benzene rings is 1. The summed E-state index contributed by atoms with van der Waals surface area (Å²) in [6.07, 6.45) is 1.67. The number of rotatable bonds is 3. The molecule has 2 rings (SSSR count). The average molecular weight is 329 g/mol. The fraction of sp³-hybridized carbons (Fsp3) is 0.167. The molecule has 0 spiro atoms. The van der Waals surface area contributed by atoms with Gasteiger partial charge in [-0.2, -0.15) is 0 Å². The van der Waals surface area contributed by atoms with Gasteiger partial charge in [-0.3, -0.25) is 0 Å². The van der Waals surface area contributed by atoms with E-state index in [1.165, 1.54) is 0 Å². The number of methoxy groups -OCH3 is 1. The zero-order chi connectivity index (χ0) is 13.1. The van der Waals surface area contributed by atoms with Gasteiger partial charge in [0.15, 0.2) is 0 Å². The lowest BCUT2D eigenvalue weighted by Crippen LogP contribution is -1.98. The van der Waals surface area contributed by atoms with E-state index in [2.05, 4.69) is 31.2 Å². The van der Waals surface area contributed by atoms with Gasteiger partial charge in [-0.05, 0) is 30.7 Å². The largest absolute Gasteiger partial charge is 0.497 e. The Morgan fingerprint density at radius 3 is 2.83 bits per heavy atom. The molecule has 4 nitrogen and oxygen atoms in total. The Labute approximate surface area is 118 Å². The molecule has 0 aliphatic carbocycles. The highest BCUT2D eigenvalue weighted by Gasteiger charge is 2.05. The van der Waals surface area contributed by atoms with Crippen LogP contribution in [-0.2, 0) is 0 Å². The molecule has 0 saturated heterocycles. The minimum Gasteiger partial charge on any atom is -0.497 e. The number of nitrogens with one attached hydrogen (secondary N) is 1. The molecule has 0 amide bonds. The number of aromatic nitrogens is 2. The van der Waals surface area contributed by atoms with Crippen LogP contribution >= 0.6 is 27.5 Å². The Kier molecular flexibility index (Phi) is 4.04. The van der Waals surface area contributed by atoms with Crippen LogP contribution in [0.15, 0.2) is 28.9 Å². The van der Waals surface area contributed by atoms with Crippen LogP contribution in [0.3, 0.4) is 0 Å². The molecule has 0 bridgehead atoms. The number of hydrogen-bond donors (Lipinski definition) is 1. The summed E-state index contributed by atoms with van der Waals surface area (Å²) >= 11 is 9.20. The standard InChI is InChI=1S/C12H11BrClN3O/c1-7-6-15-12(14)17-11(7)16-9-3-8(13)4-10(5-9)18-2/h3-6H,1-2H3,(H,15,16,17). The smallest absolute Gasteiger partial charge is 0.224 e. The Balaban J connectivity index is 2.33. The van der Waals surface area contributed by atoms with E-state index in [4.69, 9.17) is 16.3 Å². The number of anilines is 2. The third-order valence-electron chi connectivity index (χ3n) is 2.31. The van der Waals surface area contributed by atoms with Crippen LogP contribution in [0.25, 0.3) is 0 Å². The van der Waals surface area contributed by atoms with Gasteiger partial charge in [0.1, 0.15) is 11.6 Å². The molecule has 0 saturated carbocycles. The van der Waals surface area contributed by atoms with Crippen molar-refractivity contribution in [3.05, 3.63) is 39.7 Å². The van der Waals surface area contributed by atoms with Gasteiger partial charge in [-0.1, -0.05) is 15.9 Å². The topological polar surface area (TPSA) is 47.0 Å². The second-order valence-electron chi connectivity index (χ2n) is 3.68. The number of aryl methyl sites for hydroxylation is 1. The SMILES string of the molecule is COc1cc(Br)cc(Nc2nc(Cl)ncc2C)c1. The van der Waals surface area contributed by atoms with E-state index in [0.717, 1.165) is 21.5 Å². The lowest BCUT2D eigenvalue weighted by Gasteiger charge is -2.10. The van der Waals surface area contributed by atoms with Crippen LogP contribution in [0.2, 0.25) is 5.28 Å². The van der Waals surface area contributed by atoms with Gasteiger partial charge in [0, 0.05) is 28.0 Å². The summed E-state index contributed by atoms with van der Waals surface area (Å²) in [7, 11) is 1.62. The maximum absolute atomic E-state index is 5.78. The van der Waals surface area contributed by atoms with E-state index in [0.29, 0.717) is 5.82 Å². The van der Waals surface area contributed by atoms with Crippen molar-refractivity contribution in [2.24, 2.45) is 0 Å². The van der Waals surface area contributed by atoms with Crippen molar-refractivity contribution in [2.75, 3.05) is 12.4 Å². The third kappa shape index (κ3) is 3.11. The molecule has 94 valence electrons. The van der Waals surface area contributed by atoms with Gasteiger partial charge in [0.05, 0.1) is 7.11 Å². The minimum absolute atomic E-state index is 0.213. The van der Waals surface area contributed by atoms with Crippen molar-refractivity contribution < 1.29 is 4.74 Å². The van der Waals surface area contributed by atoms with E-state index in [-0.39, 0.29) is 5.28 Å². The molecule has 2 aromatic rings. The predicted molar refractivity (Wildman–Crippen MR) is 75.8 cm³/mol. The molecular weight excluding hydrogens is 318 g/mol. The molecule has 0 aliphatic rings. The Morgan fingerprint density at radius 1 is 1.33 bits per heavy atom. The molecule has 1 heterocycles. The Hall–Kier alpha value is -1.33. The first-order valence-electron chi connectivity index (χ1n) is 5.19. The van der Waals surface area contributed by atoms with Crippen LogP contribution < -0.4 is 10.1 Å². The van der Waals surface area contributed by atoms with Crippen LogP contribution in [0.4, 0.5) is 11.5 Å². The summed E-state index contributed by atoms with van der Waals surface area (Å²) in [5.41, 5.74) is 1.78. The minimum atomic E-state index is 0.213. The van der Waals surface area contributed by atoms with E-state index < -0.39 is 0 Å². The molecule has 1 aromatic heterocycles. The van der Waals surface area contributed by atoms with Crippen molar-refractivity contribution in [1.82, 2.24) is 9.97 Å². The van der Waals surface area contributed by atoms with Crippen LogP contribution in [0.1, 0.15) is 5.56 Å². The molecule has 1 aromatic carbocycles. The maximum atomic E-state index is 5.78. The summed E-state index contributed by atoms with van der Waals surface area (Å²) in [6, 6.07) is 5.68. The first-order chi connectivity index (χ1) is 8.58. The van der Waals surface area contributed by atoms with Crippen molar-refractivity contribution in [3.8, 4) is 5.75 Å². The third-order valence-corrected chi connectivity index (χ3v) is 2.95. The number of hydrogen-bond acceptors (Lipinski definition) is 4. The fourth-order valence-corrected chi connectivity index (χ4v) is 2.04. The van der Waals surface area contributed by atoms with Gasteiger partial charge >= 0.3 is 0 Å². The predicted octanol–water partition coefficient (Wildman–Crippen LogP) is 3.95. The summed E-state index contributed by atoms with van der Waals surface area (Å²) in [5, 5.41) is 3.40. The highest BCUT2D eigenvalue weighted by Crippen LogP contribution is 2.27. The monoisotopic (exact) mass is 327 g/mol. The average Bonchev–Trinajstić information content (AvgIpc) is 2.33. The zero-order valence-corrected chi connectivity index (χ0v) is 12.2. The van der Waals surface area contributed by atoms with E-state index in [1.807, 2.05) is 25.1 Å². The molecule has 0 atom stereocenters. The van der Waals surface area contributed by atoms with Crippen molar-refractivity contribution in [1.29, 1.82) is 0 Å². The summed E-state index contributed by atoms with van der Waals surface area (Å²) in [6.45, 7) is 1.91. The molecule has 0 radical (unpaired) electrons. The van der Waals surface area contributed by atoms with Crippen molar-refractivity contribution in [3.63, 3.8) is 0 Å². The number of ether oxygens (including phenoxy) is 1. The van der Waals surface area contributed by atoms with Gasteiger partial charge in [-0.25, -0.2) is 9.97 Å². The fourth-order valence-electron chi connectivity index (χ4n) is 1.44. The van der Waals surface area contributed by atoms with Gasteiger partial charge in [-0.15, -0.1) is 0 Å². The van der Waals surface area contributed by atoms with Gasteiger partial charge in [0.2, 0.25) is 5.28 Å². The van der Waals surface area contributed by atoms with E-state index in [1.54, 1.807) is 13.3 Å². The van der Waals surface area contributed by atoms with Crippen LogP contribution in [-0.4, -0.2) is 17.1 Å². The molecule has 0 aliphatic heterocycles. The molecule has 18 heavy (non-hydrogen) atoms. The molecule has 0 unspecified atom stereocenters. The van der Waals surface area contributed by atoms with Crippen LogP contribution in [0, 0.1) is 6.92 Å². The van der Waals surface area contributed by atoms with E-state index >= 15 is 0 Å². The quantitative estimate of drug-likeness (QED) is 0.867. The van der Waals surface area contributed by atoms with Gasteiger partial charge in [0.25, 0.3) is 0 Å². The van der Waals surface area contributed by atoms with E-state index in [9.17, 15) is 0 Å². The molecule has 6 heteroatoms. The van der Waals surface area contributed by atoms with Crippen molar-refractivity contribution >= 4 is 39.0 Å². The highest BCUT2D eigenvalue weighted by atomic mass is 79.9. The van der Waals surface area contributed by atoms with Gasteiger partial charge < -0.3 is 10.1 Å². The first kappa shape index (κ1) is 13.1. The van der Waals surface area contributed by atoms with Crippen LogP contribution in [0.5, 0.6) is 5.75 Å². The second kappa shape index (κ2) is 5.54.